The van der Waals surface area contributed by atoms with Gasteiger partial charge in [-0.1, -0.05) is 0 Å². The Labute approximate surface area is 73.7 Å². The third-order valence-electron chi connectivity index (χ3n) is 4.28. The molecule has 12 heavy (non-hydrogen) atoms. The van der Waals surface area contributed by atoms with E-state index in [2.05, 4.69) is 0 Å². The van der Waals surface area contributed by atoms with E-state index in [9.17, 15) is 0 Å². The van der Waals surface area contributed by atoms with Crippen LogP contribution in [0.25, 0.3) is 0 Å². The molecule has 0 bridgehead atoms. The molecule has 3 aliphatic rings. The molecule has 3 rings (SSSR count). The molecule has 0 aliphatic heterocycles. The Morgan fingerprint density at radius 1 is 0.750 bits per heavy atom. The Morgan fingerprint density at radius 3 is 1.33 bits per heavy atom. The van der Waals surface area contributed by atoms with Crippen LogP contribution in [0.15, 0.2) is 0 Å². The highest BCUT2D eigenvalue weighted by atomic mass is 14.8. The van der Waals surface area contributed by atoms with Crippen molar-refractivity contribution in [2.45, 2.75) is 50.6 Å². The van der Waals surface area contributed by atoms with Gasteiger partial charge in [0.15, 0.2) is 0 Å². The molecule has 0 saturated heterocycles. The molecule has 3 fully saturated rings. The average Bonchev–Trinajstić information content (AvgIpc) is 1.76. The van der Waals surface area contributed by atoms with Crippen LogP contribution >= 0.6 is 0 Å². The van der Waals surface area contributed by atoms with E-state index in [1.807, 2.05) is 0 Å². The van der Waals surface area contributed by atoms with Gasteiger partial charge in [0, 0.05) is 12.1 Å². The first-order chi connectivity index (χ1) is 5.62. The van der Waals surface area contributed by atoms with Crippen molar-refractivity contribution in [2.24, 2.45) is 22.3 Å². The molecule has 68 valence electrons. The van der Waals surface area contributed by atoms with Gasteiger partial charge in [-0.3, -0.25) is 0 Å². The summed E-state index contributed by atoms with van der Waals surface area (Å²) in [4.78, 5) is 0. The molecule has 0 heterocycles. The van der Waals surface area contributed by atoms with Gasteiger partial charge in [-0.25, -0.2) is 0 Å². The van der Waals surface area contributed by atoms with Gasteiger partial charge in [0.2, 0.25) is 0 Å². The Morgan fingerprint density at radius 2 is 1.08 bits per heavy atom. The average molecular weight is 166 g/mol. The molecule has 4 N–H and O–H groups in total. The van der Waals surface area contributed by atoms with Crippen LogP contribution in [0.4, 0.5) is 0 Å². The maximum atomic E-state index is 5.81. The fraction of sp³-hybridized carbons (Fsp3) is 1.00. The summed E-state index contributed by atoms with van der Waals surface area (Å²) in [6.07, 6.45) is 8.07. The van der Waals surface area contributed by atoms with Crippen molar-refractivity contribution in [3.05, 3.63) is 0 Å². The van der Waals surface area contributed by atoms with Crippen molar-refractivity contribution in [3.63, 3.8) is 0 Å². The predicted molar refractivity (Wildman–Crippen MR) is 48.5 cm³/mol. The lowest BCUT2D eigenvalue weighted by molar-refractivity contribution is -0.152. The summed E-state index contributed by atoms with van der Waals surface area (Å²) in [5.41, 5.74) is 13.0. The minimum atomic E-state index is 0.524. The number of hydrogen-bond acceptors (Lipinski definition) is 2. The van der Waals surface area contributed by atoms with Gasteiger partial charge in [-0.2, -0.15) is 0 Å². The Kier molecular flexibility index (Phi) is 1.15. The first-order valence-corrected chi connectivity index (χ1v) is 5.13. The molecule has 0 unspecified atom stereocenters. The lowest BCUT2D eigenvalue weighted by atomic mass is 9.38. The quantitative estimate of drug-likeness (QED) is 0.564. The summed E-state index contributed by atoms with van der Waals surface area (Å²) in [6.45, 7) is 0. The highest BCUT2D eigenvalue weighted by Crippen LogP contribution is 2.70. The maximum absolute atomic E-state index is 5.81. The highest BCUT2D eigenvalue weighted by Gasteiger charge is 2.62. The van der Waals surface area contributed by atoms with Crippen LogP contribution in [-0.4, -0.2) is 12.1 Å². The SMILES string of the molecule is NC1CC2(C1)CC1(CC(N)C1)C2. The highest BCUT2D eigenvalue weighted by molar-refractivity contribution is 5.15. The van der Waals surface area contributed by atoms with Crippen molar-refractivity contribution in [3.8, 4) is 0 Å². The fourth-order valence-electron chi connectivity index (χ4n) is 4.22. The second-order valence-electron chi connectivity index (χ2n) is 5.69. The molecular formula is C10H18N2. The lowest BCUT2D eigenvalue weighted by Gasteiger charge is -2.68. The van der Waals surface area contributed by atoms with Gasteiger partial charge in [-0.15, -0.1) is 0 Å². The second kappa shape index (κ2) is 1.88. The molecule has 3 saturated carbocycles. The molecule has 0 aromatic heterocycles. The lowest BCUT2D eigenvalue weighted by Crippen LogP contribution is -2.63. The predicted octanol–water partition coefficient (Wildman–Crippen LogP) is 0.995. The Bertz CT molecular complexity index is 180. The zero-order valence-electron chi connectivity index (χ0n) is 7.55. The molecule has 2 heteroatoms. The Balaban J connectivity index is 1.59. The third kappa shape index (κ3) is 0.775. The van der Waals surface area contributed by atoms with E-state index in [1.165, 1.54) is 38.5 Å². The monoisotopic (exact) mass is 166 g/mol. The molecule has 0 radical (unpaired) electrons. The first-order valence-electron chi connectivity index (χ1n) is 5.13. The van der Waals surface area contributed by atoms with E-state index >= 15 is 0 Å². The van der Waals surface area contributed by atoms with Crippen LogP contribution in [0.5, 0.6) is 0 Å². The summed E-state index contributed by atoms with van der Waals surface area (Å²) in [6, 6.07) is 1.05. The van der Waals surface area contributed by atoms with Crippen LogP contribution < -0.4 is 11.5 Å². The molecular weight excluding hydrogens is 148 g/mol. The standard InChI is InChI=1S/C10H18N2/c11-7-1-9(2-7)5-10(6-9)3-8(12)4-10/h7-8H,1-6,11-12H2. The van der Waals surface area contributed by atoms with E-state index in [4.69, 9.17) is 11.5 Å². The van der Waals surface area contributed by atoms with Gasteiger partial charge in [0.05, 0.1) is 0 Å². The number of rotatable bonds is 0. The minimum absolute atomic E-state index is 0.524. The van der Waals surface area contributed by atoms with Crippen LogP contribution in [0.2, 0.25) is 0 Å². The summed E-state index contributed by atoms with van der Waals surface area (Å²) in [5, 5.41) is 0. The van der Waals surface area contributed by atoms with Crippen LogP contribution in [-0.2, 0) is 0 Å². The molecule has 0 atom stereocenters. The summed E-state index contributed by atoms with van der Waals surface area (Å²) >= 11 is 0. The topological polar surface area (TPSA) is 52.0 Å². The van der Waals surface area contributed by atoms with Gasteiger partial charge in [0.1, 0.15) is 0 Å². The molecule has 2 spiro atoms. The molecule has 0 aromatic carbocycles. The summed E-state index contributed by atoms with van der Waals surface area (Å²) < 4.78 is 0. The minimum Gasteiger partial charge on any atom is -0.328 e. The van der Waals surface area contributed by atoms with Crippen LogP contribution in [0.1, 0.15) is 38.5 Å². The van der Waals surface area contributed by atoms with E-state index < -0.39 is 0 Å². The molecule has 0 amide bonds. The third-order valence-corrected chi connectivity index (χ3v) is 4.28. The van der Waals surface area contributed by atoms with E-state index in [1.54, 1.807) is 0 Å². The second-order valence-corrected chi connectivity index (χ2v) is 5.69. The maximum Gasteiger partial charge on any atom is 0.00494 e. The Hall–Kier alpha value is -0.0800. The fourth-order valence-corrected chi connectivity index (χ4v) is 4.22. The van der Waals surface area contributed by atoms with E-state index in [-0.39, 0.29) is 0 Å². The molecule has 2 nitrogen and oxygen atoms in total. The zero-order valence-corrected chi connectivity index (χ0v) is 7.55. The van der Waals surface area contributed by atoms with Gasteiger partial charge >= 0.3 is 0 Å². The molecule has 3 aliphatic carbocycles. The number of nitrogens with two attached hydrogens (primary N) is 2. The van der Waals surface area contributed by atoms with E-state index in [0.29, 0.717) is 22.9 Å². The number of hydrogen-bond donors (Lipinski definition) is 2. The van der Waals surface area contributed by atoms with Crippen LogP contribution in [0, 0.1) is 10.8 Å². The van der Waals surface area contributed by atoms with Gasteiger partial charge in [0.25, 0.3) is 0 Å². The zero-order chi connectivity index (χ0) is 8.40. The smallest absolute Gasteiger partial charge is 0.00494 e. The van der Waals surface area contributed by atoms with Crippen molar-refractivity contribution in [2.75, 3.05) is 0 Å². The van der Waals surface area contributed by atoms with Crippen molar-refractivity contribution < 1.29 is 0 Å². The van der Waals surface area contributed by atoms with E-state index in [0.717, 1.165) is 0 Å². The van der Waals surface area contributed by atoms with Crippen molar-refractivity contribution in [1.82, 2.24) is 0 Å². The normalized spacial score (nSPS) is 62.5. The summed E-state index contributed by atoms with van der Waals surface area (Å²) in [5.74, 6) is 0. The van der Waals surface area contributed by atoms with Crippen LogP contribution in [0.3, 0.4) is 0 Å². The largest absolute Gasteiger partial charge is 0.328 e. The molecule has 0 aromatic rings. The van der Waals surface area contributed by atoms with Crippen molar-refractivity contribution in [1.29, 1.82) is 0 Å². The summed E-state index contributed by atoms with van der Waals surface area (Å²) in [7, 11) is 0. The van der Waals surface area contributed by atoms with Gasteiger partial charge < -0.3 is 11.5 Å². The van der Waals surface area contributed by atoms with Gasteiger partial charge in [-0.05, 0) is 49.4 Å². The first kappa shape index (κ1) is 7.34. The van der Waals surface area contributed by atoms with Crippen molar-refractivity contribution >= 4 is 0 Å².